The van der Waals surface area contributed by atoms with Gasteiger partial charge in [-0.15, -0.1) is 11.8 Å². The van der Waals surface area contributed by atoms with Crippen LogP contribution in [-0.4, -0.2) is 11.9 Å². The van der Waals surface area contributed by atoms with Crippen LogP contribution >= 0.6 is 11.8 Å². The number of hydrogen-bond donors (Lipinski definition) is 1. The van der Waals surface area contributed by atoms with E-state index in [0.29, 0.717) is 12.0 Å². The van der Waals surface area contributed by atoms with Crippen molar-refractivity contribution in [2.75, 3.05) is 0 Å². The smallest absolute Gasteiger partial charge is 0.238 e. The summed E-state index contributed by atoms with van der Waals surface area (Å²) in [5, 5.41) is 2.97. The van der Waals surface area contributed by atoms with E-state index in [1.54, 1.807) is 11.8 Å². The summed E-state index contributed by atoms with van der Waals surface area (Å²) < 4.78 is 0. The van der Waals surface area contributed by atoms with Gasteiger partial charge in [-0.05, 0) is 30.0 Å². The molecule has 108 valence electrons. The minimum absolute atomic E-state index is 0.115. The van der Waals surface area contributed by atoms with E-state index in [2.05, 4.69) is 12.2 Å². The van der Waals surface area contributed by atoms with Crippen LogP contribution in [0.1, 0.15) is 24.2 Å². The minimum atomic E-state index is -0.193. The molecule has 1 fully saturated rings. The Morgan fingerprint density at radius 2 is 1.67 bits per heavy atom. The Labute approximate surface area is 130 Å². The number of hydrogen-bond acceptors (Lipinski definition) is 2. The highest BCUT2D eigenvalue weighted by Crippen LogP contribution is 2.37. The van der Waals surface area contributed by atoms with E-state index in [0.717, 1.165) is 16.9 Å². The van der Waals surface area contributed by atoms with Crippen molar-refractivity contribution in [1.82, 2.24) is 5.32 Å². The number of thioether (sulfide) groups is 1. The largest absolute Gasteiger partial charge is 0.352 e. The van der Waals surface area contributed by atoms with Crippen molar-refractivity contribution in [3.8, 4) is 0 Å². The maximum Gasteiger partial charge on any atom is 0.238 e. The molecular weight excluding hydrogens is 278 g/mol. The molecule has 0 aliphatic heterocycles. The van der Waals surface area contributed by atoms with Crippen LogP contribution in [0.2, 0.25) is 0 Å². The van der Waals surface area contributed by atoms with Crippen LogP contribution in [-0.2, 0) is 4.79 Å². The summed E-state index contributed by atoms with van der Waals surface area (Å²) in [5.74, 6) is 0.733. The van der Waals surface area contributed by atoms with Crippen molar-refractivity contribution in [3.63, 3.8) is 0 Å². The topological polar surface area (TPSA) is 29.1 Å². The number of carbonyl (C=O) groups excluding carboxylic acids is 1. The molecule has 2 aromatic rings. The van der Waals surface area contributed by atoms with E-state index < -0.39 is 0 Å². The SMILES string of the molecule is CC1CC1NC(=O)C(Sc1ccccc1)c1ccccc1. The summed E-state index contributed by atoms with van der Waals surface area (Å²) >= 11 is 1.61. The fourth-order valence-corrected chi connectivity index (χ4v) is 3.37. The number of amides is 1. The van der Waals surface area contributed by atoms with Crippen molar-refractivity contribution >= 4 is 17.7 Å². The molecule has 0 spiro atoms. The van der Waals surface area contributed by atoms with Gasteiger partial charge in [-0.2, -0.15) is 0 Å². The van der Waals surface area contributed by atoms with Crippen LogP contribution in [0.5, 0.6) is 0 Å². The minimum Gasteiger partial charge on any atom is -0.352 e. The van der Waals surface area contributed by atoms with Crippen LogP contribution in [0, 0.1) is 5.92 Å². The zero-order valence-corrected chi connectivity index (χ0v) is 12.8. The van der Waals surface area contributed by atoms with E-state index in [9.17, 15) is 4.79 Å². The molecule has 1 N–H and O–H groups in total. The second-order valence-electron chi connectivity index (χ2n) is 5.55. The molecule has 0 heterocycles. The Morgan fingerprint density at radius 1 is 1.10 bits per heavy atom. The van der Waals surface area contributed by atoms with Gasteiger partial charge in [0.2, 0.25) is 5.91 Å². The van der Waals surface area contributed by atoms with Gasteiger partial charge in [-0.1, -0.05) is 55.5 Å². The van der Waals surface area contributed by atoms with Crippen LogP contribution < -0.4 is 5.32 Å². The molecule has 0 aromatic heterocycles. The highest BCUT2D eigenvalue weighted by Gasteiger charge is 2.36. The third kappa shape index (κ3) is 3.67. The summed E-state index contributed by atoms with van der Waals surface area (Å²) in [4.78, 5) is 13.7. The first-order valence-corrected chi connectivity index (χ1v) is 8.19. The molecule has 1 amide bonds. The van der Waals surface area contributed by atoms with Crippen molar-refractivity contribution < 1.29 is 4.79 Å². The molecular formula is C18H19NOS. The number of benzene rings is 2. The van der Waals surface area contributed by atoms with Gasteiger partial charge >= 0.3 is 0 Å². The van der Waals surface area contributed by atoms with E-state index in [4.69, 9.17) is 0 Å². The Balaban J connectivity index is 1.79. The normalized spacial score (nSPS) is 21.6. The average Bonchev–Trinajstić information content (AvgIpc) is 3.21. The van der Waals surface area contributed by atoms with Crippen molar-refractivity contribution in [1.29, 1.82) is 0 Å². The second kappa shape index (κ2) is 6.35. The molecule has 0 bridgehead atoms. The molecule has 1 saturated carbocycles. The van der Waals surface area contributed by atoms with Gasteiger partial charge in [0.15, 0.2) is 0 Å². The summed E-state index contributed by atoms with van der Waals surface area (Å²) in [6.07, 6.45) is 1.10. The molecule has 1 aliphatic carbocycles. The summed E-state index contributed by atoms with van der Waals surface area (Å²) in [5.41, 5.74) is 1.05. The fourth-order valence-electron chi connectivity index (χ4n) is 2.32. The fraction of sp³-hybridized carbons (Fsp3) is 0.278. The Kier molecular flexibility index (Phi) is 4.30. The summed E-state index contributed by atoms with van der Waals surface area (Å²) in [6, 6.07) is 20.5. The zero-order valence-electron chi connectivity index (χ0n) is 12.0. The summed E-state index contributed by atoms with van der Waals surface area (Å²) in [6.45, 7) is 2.17. The second-order valence-corrected chi connectivity index (χ2v) is 6.73. The molecule has 3 rings (SSSR count). The monoisotopic (exact) mass is 297 g/mol. The van der Waals surface area contributed by atoms with Gasteiger partial charge in [0.05, 0.1) is 0 Å². The lowest BCUT2D eigenvalue weighted by Crippen LogP contribution is -2.30. The molecule has 3 unspecified atom stereocenters. The Morgan fingerprint density at radius 3 is 2.24 bits per heavy atom. The molecule has 2 nitrogen and oxygen atoms in total. The highest BCUT2D eigenvalue weighted by molar-refractivity contribution is 8.00. The number of nitrogens with one attached hydrogen (secondary N) is 1. The van der Waals surface area contributed by atoms with Gasteiger partial charge in [0.25, 0.3) is 0 Å². The summed E-state index contributed by atoms with van der Waals surface area (Å²) in [7, 11) is 0. The van der Waals surface area contributed by atoms with Crippen LogP contribution in [0.3, 0.4) is 0 Å². The lowest BCUT2D eigenvalue weighted by molar-refractivity contribution is -0.120. The first-order chi connectivity index (χ1) is 10.2. The highest BCUT2D eigenvalue weighted by atomic mass is 32.2. The van der Waals surface area contributed by atoms with Gasteiger partial charge < -0.3 is 5.32 Å². The zero-order chi connectivity index (χ0) is 14.7. The third-order valence-corrected chi connectivity index (χ3v) is 5.04. The molecule has 3 heteroatoms. The van der Waals surface area contributed by atoms with Crippen LogP contribution in [0.25, 0.3) is 0 Å². The predicted molar refractivity (Wildman–Crippen MR) is 87.2 cm³/mol. The van der Waals surface area contributed by atoms with Gasteiger partial charge in [0, 0.05) is 10.9 Å². The van der Waals surface area contributed by atoms with Crippen LogP contribution in [0.4, 0.5) is 0 Å². The molecule has 2 aromatic carbocycles. The Hall–Kier alpha value is -1.74. The molecule has 0 radical (unpaired) electrons. The van der Waals surface area contributed by atoms with Gasteiger partial charge in [0.1, 0.15) is 5.25 Å². The average molecular weight is 297 g/mol. The quantitative estimate of drug-likeness (QED) is 0.844. The van der Waals surface area contributed by atoms with E-state index in [1.807, 2.05) is 60.7 Å². The van der Waals surface area contributed by atoms with Crippen LogP contribution in [0.15, 0.2) is 65.6 Å². The maximum absolute atomic E-state index is 12.6. The van der Waals surface area contributed by atoms with Crippen molar-refractivity contribution in [3.05, 3.63) is 66.2 Å². The third-order valence-electron chi connectivity index (χ3n) is 3.77. The van der Waals surface area contributed by atoms with E-state index in [-0.39, 0.29) is 11.2 Å². The number of rotatable bonds is 5. The Bertz CT molecular complexity index is 599. The lowest BCUT2D eigenvalue weighted by Gasteiger charge is -2.17. The van der Waals surface area contributed by atoms with E-state index in [1.165, 1.54) is 0 Å². The predicted octanol–water partition coefficient (Wildman–Crippen LogP) is 4.04. The van der Waals surface area contributed by atoms with Crippen molar-refractivity contribution in [2.45, 2.75) is 29.5 Å². The first kappa shape index (κ1) is 14.2. The lowest BCUT2D eigenvalue weighted by atomic mass is 10.1. The maximum atomic E-state index is 12.6. The number of carbonyl (C=O) groups is 1. The molecule has 3 atom stereocenters. The van der Waals surface area contributed by atoms with Gasteiger partial charge in [-0.3, -0.25) is 4.79 Å². The van der Waals surface area contributed by atoms with E-state index >= 15 is 0 Å². The van der Waals surface area contributed by atoms with Crippen molar-refractivity contribution in [2.24, 2.45) is 5.92 Å². The standard InChI is InChI=1S/C18H19NOS/c1-13-12-16(13)19-18(20)17(14-8-4-2-5-9-14)21-15-10-6-3-7-11-15/h2-11,13,16-17H,12H2,1H3,(H,19,20). The molecule has 1 aliphatic rings. The molecule has 0 saturated heterocycles. The molecule has 21 heavy (non-hydrogen) atoms. The van der Waals surface area contributed by atoms with Gasteiger partial charge in [-0.25, -0.2) is 0 Å². The first-order valence-electron chi connectivity index (χ1n) is 7.31.